The van der Waals surface area contributed by atoms with Gasteiger partial charge in [0.15, 0.2) is 17.3 Å². The summed E-state index contributed by atoms with van der Waals surface area (Å²) in [5, 5.41) is 0.829. The molecule has 0 fully saturated rings. The van der Waals surface area contributed by atoms with Crippen molar-refractivity contribution in [1.29, 1.82) is 0 Å². The normalized spacial score (nSPS) is 14.1. The number of ketones is 1. The van der Waals surface area contributed by atoms with Crippen molar-refractivity contribution >= 4 is 33.0 Å². The zero-order valence-electron chi connectivity index (χ0n) is 16.5. The minimum absolute atomic E-state index is 0.0425. The highest BCUT2D eigenvalue weighted by atomic mass is 32.1. The van der Waals surface area contributed by atoms with E-state index in [0.29, 0.717) is 22.1 Å². The topological polar surface area (TPSA) is 77.7 Å². The Hall–Kier alpha value is -2.64. The molecule has 0 atom stereocenters. The van der Waals surface area contributed by atoms with Gasteiger partial charge < -0.3 is 20.1 Å². The highest BCUT2D eigenvalue weighted by molar-refractivity contribution is 7.21. The quantitative estimate of drug-likeness (QED) is 0.676. The molecule has 6 nitrogen and oxygen atoms in total. The molecule has 4 rings (SSSR count). The van der Waals surface area contributed by atoms with Crippen LogP contribution < -0.4 is 15.2 Å². The maximum Gasteiger partial charge on any atom is 0.171 e. The van der Waals surface area contributed by atoms with Crippen LogP contribution >= 0.6 is 11.3 Å². The maximum absolute atomic E-state index is 12.1. The number of nitrogen functional groups attached to an aromatic ring is 1. The maximum atomic E-state index is 12.1. The molecule has 0 radical (unpaired) electrons. The monoisotopic (exact) mass is 397 g/mol. The van der Waals surface area contributed by atoms with Gasteiger partial charge in [0.25, 0.3) is 0 Å². The van der Waals surface area contributed by atoms with Crippen LogP contribution in [-0.4, -0.2) is 43.5 Å². The van der Waals surface area contributed by atoms with E-state index >= 15 is 0 Å². The van der Waals surface area contributed by atoms with Gasteiger partial charge in [0.05, 0.1) is 24.8 Å². The third-order valence-electron chi connectivity index (χ3n) is 5.21. The number of pyridine rings is 1. The number of hydrogen-bond donors (Lipinski definition) is 1. The number of para-hydroxylation sites is 1. The summed E-state index contributed by atoms with van der Waals surface area (Å²) in [6.07, 6.45) is 0.855. The fraction of sp³-hybridized carbons (Fsp3) is 0.333. The van der Waals surface area contributed by atoms with Gasteiger partial charge in [-0.05, 0) is 18.7 Å². The van der Waals surface area contributed by atoms with Crippen LogP contribution in [0.3, 0.4) is 0 Å². The van der Waals surface area contributed by atoms with Crippen molar-refractivity contribution in [3.8, 4) is 22.6 Å². The molecular formula is C21H23N3O3S. The van der Waals surface area contributed by atoms with Crippen LogP contribution in [0.25, 0.3) is 21.3 Å². The summed E-state index contributed by atoms with van der Waals surface area (Å²) in [4.78, 5) is 20.6. The Balaban J connectivity index is 2.15. The van der Waals surface area contributed by atoms with Crippen LogP contribution in [0.15, 0.2) is 18.2 Å². The first kappa shape index (κ1) is 18.7. The lowest BCUT2D eigenvalue weighted by Crippen LogP contribution is -2.28. The summed E-state index contributed by atoms with van der Waals surface area (Å²) < 4.78 is 11.2. The second-order valence-corrected chi connectivity index (χ2v) is 8.02. The smallest absolute Gasteiger partial charge is 0.171 e. The van der Waals surface area contributed by atoms with Gasteiger partial charge >= 0.3 is 0 Å². The second-order valence-electron chi connectivity index (χ2n) is 7.02. The summed E-state index contributed by atoms with van der Waals surface area (Å²) in [6.45, 7) is 3.25. The molecule has 2 aromatic heterocycles. The Bertz CT molecular complexity index is 1090. The molecule has 3 heterocycles. The number of anilines is 1. The fourth-order valence-corrected chi connectivity index (χ4v) is 4.92. The Labute approximate surface area is 167 Å². The van der Waals surface area contributed by atoms with Crippen LogP contribution in [0.5, 0.6) is 11.5 Å². The van der Waals surface area contributed by atoms with E-state index in [1.807, 2.05) is 18.2 Å². The molecule has 1 aromatic carbocycles. The highest BCUT2D eigenvalue weighted by Crippen LogP contribution is 2.47. The van der Waals surface area contributed by atoms with Crippen molar-refractivity contribution in [2.24, 2.45) is 0 Å². The number of aromatic nitrogens is 1. The Morgan fingerprint density at radius 2 is 2.07 bits per heavy atom. The van der Waals surface area contributed by atoms with Gasteiger partial charge in [-0.15, -0.1) is 11.3 Å². The predicted octanol–water partition coefficient (Wildman–Crippen LogP) is 3.75. The average Bonchev–Trinajstić information content (AvgIpc) is 3.02. The van der Waals surface area contributed by atoms with Crippen molar-refractivity contribution in [2.45, 2.75) is 19.9 Å². The summed E-state index contributed by atoms with van der Waals surface area (Å²) in [5.41, 5.74) is 11.0. The zero-order chi connectivity index (χ0) is 20.0. The van der Waals surface area contributed by atoms with E-state index in [9.17, 15) is 4.79 Å². The number of carbonyl (C=O) groups excluding carboxylic acids is 1. The third kappa shape index (κ3) is 2.82. The first-order valence-electron chi connectivity index (χ1n) is 9.10. The molecule has 0 amide bonds. The molecule has 0 saturated heterocycles. The molecule has 3 aromatic rings. The number of rotatable bonds is 4. The number of ether oxygens (including phenoxy) is 2. The predicted molar refractivity (Wildman–Crippen MR) is 113 cm³/mol. The highest BCUT2D eigenvalue weighted by Gasteiger charge is 2.28. The van der Waals surface area contributed by atoms with Crippen molar-refractivity contribution < 1.29 is 14.3 Å². The van der Waals surface area contributed by atoms with Crippen molar-refractivity contribution in [2.75, 3.05) is 33.5 Å². The number of nitrogens with zero attached hydrogens (tertiary/aromatic N) is 2. The molecule has 0 unspecified atom stereocenters. The molecule has 0 bridgehead atoms. The Kier molecular flexibility index (Phi) is 4.72. The summed E-state index contributed by atoms with van der Waals surface area (Å²) in [7, 11) is 5.35. The van der Waals surface area contributed by atoms with Gasteiger partial charge in [0.1, 0.15) is 4.83 Å². The van der Waals surface area contributed by atoms with E-state index < -0.39 is 0 Å². The number of fused-ring (bicyclic) bond motifs is 2. The van der Waals surface area contributed by atoms with Crippen LogP contribution in [0.4, 0.5) is 5.69 Å². The number of nitrogens with two attached hydrogens (primary N) is 1. The van der Waals surface area contributed by atoms with E-state index in [2.05, 4.69) is 11.9 Å². The summed E-state index contributed by atoms with van der Waals surface area (Å²) in [5.74, 6) is 1.27. The lowest BCUT2D eigenvalue weighted by molar-refractivity contribution is 0.102. The Morgan fingerprint density at radius 3 is 2.75 bits per heavy atom. The molecule has 0 aliphatic carbocycles. The average molecular weight is 398 g/mol. The van der Waals surface area contributed by atoms with Crippen molar-refractivity contribution in [3.05, 3.63) is 34.3 Å². The number of Topliss-reactive ketones (excluding diaryl/α,β-unsaturated/α-hetero) is 1. The van der Waals surface area contributed by atoms with E-state index in [0.717, 1.165) is 52.1 Å². The lowest BCUT2D eigenvalue weighted by atomic mass is 9.91. The zero-order valence-corrected chi connectivity index (χ0v) is 17.3. The fourth-order valence-electron chi connectivity index (χ4n) is 3.90. The van der Waals surface area contributed by atoms with E-state index in [1.54, 1.807) is 21.1 Å². The first-order valence-corrected chi connectivity index (χ1v) is 9.92. The molecular weight excluding hydrogens is 374 g/mol. The molecule has 1 aliphatic heterocycles. The molecule has 7 heteroatoms. The van der Waals surface area contributed by atoms with E-state index in [-0.39, 0.29) is 5.78 Å². The number of hydrogen-bond acceptors (Lipinski definition) is 7. The third-order valence-corrected chi connectivity index (χ3v) is 6.41. The number of benzene rings is 1. The van der Waals surface area contributed by atoms with Gasteiger partial charge in [0.2, 0.25) is 0 Å². The minimum Gasteiger partial charge on any atom is -0.493 e. The van der Waals surface area contributed by atoms with E-state index in [4.69, 9.17) is 20.2 Å². The number of methoxy groups -OCH3 is 2. The number of likely N-dealkylation sites (N-methyl/N-ethyl adjacent to an activating group) is 1. The lowest BCUT2D eigenvalue weighted by Gasteiger charge is -2.27. The standard InChI is InChI=1S/C21H23N3O3S/c1-11(25)20-18(22)17-16(12-6-5-7-15(26-3)19(12)27-4)13-10-24(2)9-8-14(13)23-21(17)28-20/h5-7H,8-10,22H2,1-4H3. The molecule has 28 heavy (non-hydrogen) atoms. The molecule has 2 N–H and O–H groups in total. The van der Waals surface area contributed by atoms with Gasteiger partial charge in [-0.25, -0.2) is 4.98 Å². The summed E-state index contributed by atoms with van der Waals surface area (Å²) in [6, 6.07) is 5.82. The molecule has 0 spiro atoms. The first-order chi connectivity index (χ1) is 13.5. The number of thiophene rings is 1. The van der Waals surface area contributed by atoms with E-state index in [1.165, 1.54) is 11.3 Å². The van der Waals surface area contributed by atoms with Gasteiger partial charge in [-0.1, -0.05) is 12.1 Å². The molecule has 146 valence electrons. The minimum atomic E-state index is -0.0425. The molecule has 1 aliphatic rings. The van der Waals surface area contributed by atoms with Crippen LogP contribution in [0.2, 0.25) is 0 Å². The van der Waals surface area contributed by atoms with Crippen LogP contribution in [0, 0.1) is 0 Å². The van der Waals surface area contributed by atoms with Crippen molar-refractivity contribution in [3.63, 3.8) is 0 Å². The molecule has 0 saturated carbocycles. The van der Waals surface area contributed by atoms with Gasteiger partial charge in [-0.3, -0.25) is 4.79 Å². The largest absolute Gasteiger partial charge is 0.493 e. The van der Waals surface area contributed by atoms with Gasteiger partial charge in [0, 0.05) is 48.6 Å². The Morgan fingerprint density at radius 1 is 1.29 bits per heavy atom. The summed E-state index contributed by atoms with van der Waals surface area (Å²) >= 11 is 1.37. The second kappa shape index (κ2) is 7.07. The van der Waals surface area contributed by atoms with Crippen molar-refractivity contribution in [1.82, 2.24) is 9.88 Å². The SMILES string of the molecule is COc1cccc(-c2c3c(nc4sc(C(C)=O)c(N)c24)CCN(C)C3)c1OC. The van der Waals surface area contributed by atoms with Crippen LogP contribution in [-0.2, 0) is 13.0 Å². The number of carbonyl (C=O) groups is 1. The van der Waals surface area contributed by atoms with Gasteiger partial charge in [-0.2, -0.15) is 0 Å². The van der Waals surface area contributed by atoms with Crippen LogP contribution in [0.1, 0.15) is 27.9 Å².